The summed E-state index contributed by atoms with van der Waals surface area (Å²) < 4.78 is 44.8. The van der Waals surface area contributed by atoms with E-state index >= 15 is 0 Å². The van der Waals surface area contributed by atoms with Crippen molar-refractivity contribution < 1.29 is 27.8 Å². The van der Waals surface area contributed by atoms with E-state index in [4.69, 9.17) is 15.6 Å². The van der Waals surface area contributed by atoms with Crippen LogP contribution in [0.4, 0.5) is 13.2 Å². The molecule has 0 unspecified atom stereocenters. The fraction of sp³-hybridized carbons (Fsp3) is 0.455. The summed E-state index contributed by atoms with van der Waals surface area (Å²) in [6, 6.07) is 3.15. The van der Waals surface area contributed by atoms with Crippen LogP contribution in [0.15, 0.2) is 18.2 Å². The number of alkyl halides is 3. The van der Waals surface area contributed by atoms with E-state index in [0.29, 0.717) is 5.56 Å². The largest absolute Gasteiger partial charge is 0.573 e. The number of halogens is 4. The van der Waals surface area contributed by atoms with Crippen LogP contribution in [-0.2, 0) is 0 Å². The van der Waals surface area contributed by atoms with Gasteiger partial charge in [-0.3, -0.25) is 0 Å². The van der Waals surface area contributed by atoms with Crippen molar-refractivity contribution in [2.45, 2.75) is 18.8 Å². The maximum Gasteiger partial charge on any atom is 0.573 e. The third-order valence-corrected chi connectivity index (χ3v) is 2.28. The second-order valence-corrected chi connectivity index (χ2v) is 3.57. The Morgan fingerprint density at radius 2 is 2.00 bits per heavy atom. The van der Waals surface area contributed by atoms with Crippen LogP contribution < -0.4 is 15.2 Å². The Kier molecular flexibility index (Phi) is 6.96. The lowest BCUT2D eigenvalue weighted by Crippen LogP contribution is -2.18. The smallest absolute Gasteiger partial charge is 0.496 e. The first-order chi connectivity index (χ1) is 8.37. The molecular weight excluding hydrogens is 287 g/mol. The van der Waals surface area contributed by atoms with Gasteiger partial charge in [0.1, 0.15) is 11.5 Å². The number of ether oxygens (including phenoxy) is 2. The van der Waals surface area contributed by atoms with Gasteiger partial charge in [-0.2, -0.15) is 0 Å². The first kappa shape index (κ1) is 17.8. The second kappa shape index (κ2) is 7.42. The molecule has 1 aromatic rings. The molecule has 0 aliphatic rings. The van der Waals surface area contributed by atoms with Crippen LogP contribution in [0.1, 0.15) is 18.0 Å². The van der Waals surface area contributed by atoms with Crippen LogP contribution in [0, 0.1) is 0 Å². The highest BCUT2D eigenvalue weighted by molar-refractivity contribution is 5.85. The predicted octanol–water partition coefficient (Wildman–Crippen LogP) is 2.40. The summed E-state index contributed by atoms with van der Waals surface area (Å²) in [6.45, 7) is -0.120. The van der Waals surface area contributed by atoms with Gasteiger partial charge in [0.05, 0.1) is 7.11 Å². The van der Waals surface area contributed by atoms with Crippen molar-refractivity contribution in [3.05, 3.63) is 23.8 Å². The third-order valence-electron chi connectivity index (χ3n) is 2.28. The molecule has 0 aliphatic heterocycles. The van der Waals surface area contributed by atoms with Crippen molar-refractivity contribution in [3.8, 4) is 11.5 Å². The van der Waals surface area contributed by atoms with Crippen molar-refractivity contribution in [1.82, 2.24) is 0 Å². The van der Waals surface area contributed by atoms with Gasteiger partial charge in [-0.15, -0.1) is 25.6 Å². The zero-order valence-corrected chi connectivity index (χ0v) is 10.9. The van der Waals surface area contributed by atoms with Gasteiger partial charge in [0.2, 0.25) is 0 Å². The molecule has 0 amide bonds. The van der Waals surface area contributed by atoms with Crippen LogP contribution in [0.25, 0.3) is 0 Å². The number of aliphatic hydroxyl groups excluding tert-OH is 1. The fourth-order valence-electron chi connectivity index (χ4n) is 1.49. The minimum atomic E-state index is -4.75. The van der Waals surface area contributed by atoms with Gasteiger partial charge < -0.3 is 20.3 Å². The average molecular weight is 302 g/mol. The standard InChI is InChI=1S/C11H14F3NO3.ClH/c1-17-10-6-7(18-11(12,13)14)2-3-8(10)9(15)4-5-16;/h2-3,6,9,16H,4-5,15H2,1H3;1H/t9-;/m1./s1. The van der Waals surface area contributed by atoms with E-state index in [0.717, 1.165) is 12.1 Å². The van der Waals surface area contributed by atoms with Crippen LogP contribution in [0.5, 0.6) is 11.5 Å². The number of methoxy groups -OCH3 is 1. The molecule has 0 saturated heterocycles. The third kappa shape index (κ3) is 5.54. The highest BCUT2D eigenvalue weighted by Gasteiger charge is 2.31. The maximum atomic E-state index is 12.0. The van der Waals surface area contributed by atoms with Gasteiger partial charge >= 0.3 is 6.36 Å². The zero-order chi connectivity index (χ0) is 13.8. The monoisotopic (exact) mass is 301 g/mol. The number of benzene rings is 1. The van der Waals surface area contributed by atoms with Crippen molar-refractivity contribution in [2.75, 3.05) is 13.7 Å². The zero-order valence-electron chi connectivity index (χ0n) is 10.1. The molecule has 19 heavy (non-hydrogen) atoms. The summed E-state index contributed by atoms with van der Waals surface area (Å²) in [4.78, 5) is 0. The van der Waals surface area contributed by atoms with Gasteiger partial charge in [0, 0.05) is 24.3 Å². The van der Waals surface area contributed by atoms with Crippen molar-refractivity contribution >= 4 is 12.4 Å². The van der Waals surface area contributed by atoms with Crippen molar-refractivity contribution in [1.29, 1.82) is 0 Å². The lowest BCUT2D eigenvalue weighted by atomic mass is 10.0. The van der Waals surface area contributed by atoms with Gasteiger partial charge in [0.15, 0.2) is 0 Å². The summed E-state index contributed by atoms with van der Waals surface area (Å²) >= 11 is 0. The van der Waals surface area contributed by atoms with Gasteiger partial charge in [-0.25, -0.2) is 0 Å². The number of hydrogen-bond donors (Lipinski definition) is 2. The summed E-state index contributed by atoms with van der Waals surface area (Å²) in [5, 5.41) is 8.77. The Morgan fingerprint density at radius 1 is 1.37 bits per heavy atom. The number of nitrogens with two attached hydrogens (primary N) is 1. The van der Waals surface area contributed by atoms with Crippen molar-refractivity contribution in [3.63, 3.8) is 0 Å². The lowest BCUT2D eigenvalue weighted by Gasteiger charge is -2.16. The minimum Gasteiger partial charge on any atom is -0.496 e. The van der Waals surface area contributed by atoms with E-state index in [-0.39, 0.29) is 36.9 Å². The Morgan fingerprint density at radius 3 is 2.47 bits per heavy atom. The lowest BCUT2D eigenvalue weighted by molar-refractivity contribution is -0.274. The second-order valence-electron chi connectivity index (χ2n) is 3.57. The maximum absolute atomic E-state index is 12.0. The molecule has 0 aromatic heterocycles. The van der Waals surface area contributed by atoms with Gasteiger partial charge in [-0.1, -0.05) is 6.07 Å². The molecule has 0 bridgehead atoms. The molecule has 0 aliphatic carbocycles. The summed E-state index contributed by atoms with van der Waals surface area (Å²) in [7, 11) is 1.32. The molecule has 1 atom stereocenters. The highest BCUT2D eigenvalue weighted by Crippen LogP contribution is 2.32. The van der Waals surface area contributed by atoms with Crippen LogP contribution in [0.3, 0.4) is 0 Å². The molecule has 8 heteroatoms. The average Bonchev–Trinajstić information content (AvgIpc) is 2.27. The molecule has 1 rings (SSSR count). The highest BCUT2D eigenvalue weighted by atomic mass is 35.5. The van der Waals surface area contributed by atoms with Crippen LogP contribution >= 0.6 is 12.4 Å². The Labute approximate surface area is 114 Å². The van der Waals surface area contributed by atoms with E-state index in [1.54, 1.807) is 0 Å². The SMILES string of the molecule is COc1cc(OC(F)(F)F)ccc1[C@H](N)CCO.Cl. The minimum absolute atomic E-state index is 0. The van der Waals surface area contributed by atoms with Crippen molar-refractivity contribution in [2.24, 2.45) is 5.73 Å². The Bertz CT molecular complexity index is 401. The van der Waals surface area contributed by atoms with Crippen LogP contribution in [0.2, 0.25) is 0 Å². The van der Waals surface area contributed by atoms with E-state index in [2.05, 4.69) is 4.74 Å². The molecule has 0 spiro atoms. The molecule has 4 nitrogen and oxygen atoms in total. The number of aliphatic hydroxyl groups is 1. The molecule has 1 aromatic carbocycles. The number of hydrogen-bond acceptors (Lipinski definition) is 4. The number of rotatable bonds is 5. The predicted molar refractivity (Wildman–Crippen MR) is 65.6 cm³/mol. The van der Waals surface area contributed by atoms with E-state index in [1.807, 2.05) is 0 Å². The summed E-state index contributed by atoms with van der Waals surface area (Å²) in [6.07, 6.45) is -4.46. The molecule has 0 radical (unpaired) electrons. The van der Waals surface area contributed by atoms with E-state index < -0.39 is 12.4 Å². The fourth-order valence-corrected chi connectivity index (χ4v) is 1.49. The molecular formula is C11H15ClF3NO3. The normalized spacial score (nSPS) is 12.5. The summed E-state index contributed by atoms with van der Waals surface area (Å²) in [5.41, 5.74) is 6.27. The first-order valence-electron chi connectivity index (χ1n) is 5.17. The summed E-state index contributed by atoms with van der Waals surface area (Å²) in [5.74, 6) is -0.183. The topological polar surface area (TPSA) is 64.7 Å². The molecule has 110 valence electrons. The molecule has 3 N–H and O–H groups in total. The molecule has 0 saturated carbocycles. The Hall–Kier alpha value is -1.18. The molecule has 0 fully saturated rings. The van der Waals surface area contributed by atoms with E-state index in [9.17, 15) is 13.2 Å². The van der Waals surface area contributed by atoms with Gasteiger partial charge in [-0.05, 0) is 12.5 Å². The van der Waals surface area contributed by atoms with Gasteiger partial charge in [0.25, 0.3) is 0 Å². The molecule has 0 heterocycles. The van der Waals surface area contributed by atoms with E-state index in [1.165, 1.54) is 13.2 Å². The Balaban J connectivity index is 0.00000324. The quantitative estimate of drug-likeness (QED) is 0.876. The van der Waals surface area contributed by atoms with Crippen LogP contribution in [-0.4, -0.2) is 25.2 Å². The first-order valence-corrected chi connectivity index (χ1v) is 5.17.